The zero-order valence-electron chi connectivity index (χ0n) is 16.9. The van der Waals surface area contributed by atoms with Crippen LogP contribution >= 0.6 is 0 Å². The minimum absolute atomic E-state index is 0.0826. The van der Waals surface area contributed by atoms with E-state index in [1.807, 2.05) is 30.3 Å². The molecule has 0 bridgehead atoms. The summed E-state index contributed by atoms with van der Waals surface area (Å²) in [5.41, 5.74) is 0.594. The van der Waals surface area contributed by atoms with Crippen LogP contribution in [0.2, 0.25) is 0 Å². The summed E-state index contributed by atoms with van der Waals surface area (Å²) in [4.78, 5) is 24.8. The molecule has 2 N–H and O–H groups in total. The van der Waals surface area contributed by atoms with Crippen molar-refractivity contribution < 1.29 is 22.7 Å². The summed E-state index contributed by atoms with van der Waals surface area (Å²) in [6, 6.07) is 14.9. The number of nitrogens with one attached hydrogen (secondary N) is 2. The Balaban J connectivity index is 2.14. The van der Waals surface area contributed by atoms with E-state index in [4.69, 9.17) is 4.74 Å². The fourth-order valence-electron chi connectivity index (χ4n) is 2.68. The lowest BCUT2D eigenvalue weighted by Gasteiger charge is -2.20. The lowest BCUT2D eigenvalue weighted by molar-refractivity contribution is -0.148. The number of anilines is 1. The summed E-state index contributed by atoms with van der Waals surface area (Å²) >= 11 is 0. The molecule has 2 rings (SSSR count). The van der Waals surface area contributed by atoms with Gasteiger partial charge in [0.25, 0.3) is 0 Å². The van der Waals surface area contributed by atoms with Crippen LogP contribution in [0.1, 0.15) is 26.3 Å². The van der Waals surface area contributed by atoms with Crippen LogP contribution in [0.4, 0.5) is 5.69 Å². The van der Waals surface area contributed by atoms with Gasteiger partial charge in [0.05, 0.1) is 12.0 Å². The Kier molecular flexibility index (Phi) is 7.16. The first kappa shape index (κ1) is 22.6. The van der Waals surface area contributed by atoms with Crippen molar-refractivity contribution in [2.45, 2.75) is 37.6 Å². The molecule has 2 aromatic rings. The quantitative estimate of drug-likeness (QED) is 0.532. The Bertz CT molecular complexity index is 949. The number of methoxy groups -OCH3 is 1. The molecule has 29 heavy (non-hydrogen) atoms. The van der Waals surface area contributed by atoms with Gasteiger partial charge < -0.3 is 10.1 Å². The van der Waals surface area contributed by atoms with Crippen molar-refractivity contribution in [3.05, 3.63) is 60.2 Å². The third-order valence-corrected chi connectivity index (χ3v) is 5.73. The van der Waals surface area contributed by atoms with E-state index < -0.39 is 33.4 Å². The number of rotatable bonds is 7. The molecule has 1 atom stereocenters. The van der Waals surface area contributed by atoms with E-state index in [-0.39, 0.29) is 11.3 Å². The largest absolute Gasteiger partial charge is 0.468 e. The van der Waals surface area contributed by atoms with Crippen LogP contribution in [0.15, 0.2) is 59.5 Å². The summed E-state index contributed by atoms with van der Waals surface area (Å²) in [6.07, 6.45) is 0.196. The maximum atomic E-state index is 12.6. The van der Waals surface area contributed by atoms with Crippen molar-refractivity contribution in [1.82, 2.24) is 4.72 Å². The van der Waals surface area contributed by atoms with Crippen molar-refractivity contribution in [1.29, 1.82) is 0 Å². The molecule has 0 aliphatic rings. The fraction of sp³-hybridized carbons (Fsp3) is 0.333. The summed E-state index contributed by atoms with van der Waals surface area (Å²) in [5.74, 6) is -2.18. The lowest BCUT2D eigenvalue weighted by Crippen LogP contribution is -2.40. The number of carbonyl (C=O) groups is 2. The van der Waals surface area contributed by atoms with Crippen LogP contribution in [0, 0.1) is 5.92 Å². The van der Waals surface area contributed by atoms with E-state index in [9.17, 15) is 18.0 Å². The van der Waals surface area contributed by atoms with Gasteiger partial charge in [-0.2, -0.15) is 0 Å². The van der Waals surface area contributed by atoms with Crippen molar-refractivity contribution in [2.24, 2.45) is 5.92 Å². The first-order chi connectivity index (χ1) is 13.5. The summed E-state index contributed by atoms with van der Waals surface area (Å²) in [5, 5.41) is 2.65. The molecule has 0 heterocycles. The topological polar surface area (TPSA) is 102 Å². The second-order valence-corrected chi connectivity index (χ2v) is 9.32. The average molecular weight is 419 g/mol. The van der Waals surface area contributed by atoms with Crippen LogP contribution in [0.5, 0.6) is 0 Å². The third-order valence-electron chi connectivity index (χ3n) is 3.96. The molecule has 0 spiro atoms. The number of esters is 1. The smallest absolute Gasteiger partial charge is 0.318 e. The van der Waals surface area contributed by atoms with Gasteiger partial charge >= 0.3 is 5.97 Å². The molecule has 1 unspecified atom stereocenters. The summed E-state index contributed by atoms with van der Waals surface area (Å²) in [6.45, 7) is 5.25. The number of benzene rings is 2. The first-order valence-corrected chi connectivity index (χ1v) is 10.6. The van der Waals surface area contributed by atoms with Gasteiger partial charge in [-0.15, -0.1) is 0 Å². The van der Waals surface area contributed by atoms with E-state index in [1.165, 1.54) is 31.4 Å². The monoisotopic (exact) mass is 418 g/mol. The predicted molar refractivity (Wildman–Crippen MR) is 111 cm³/mol. The van der Waals surface area contributed by atoms with E-state index in [2.05, 4.69) is 10.0 Å². The van der Waals surface area contributed by atoms with Gasteiger partial charge in [-0.25, -0.2) is 13.1 Å². The average Bonchev–Trinajstić information content (AvgIpc) is 2.65. The van der Waals surface area contributed by atoms with Gasteiger partial charge in [-0.05, 0) is 57.0 Å². The standard InChI is InChI=1S/C21H26N2O5S/c1-21(2,3)23-29(26,27)17-12-10-16(11-13-17)22-19(24)18(20(25)28-4)14-15-8-6-5-7-9-15/h5-13,18,23H,14H2,1-4H3,(H,22,24). The Morgan fingerprint density at radius 2 is 1.59 bits per heavy atom. The Hall–Kier alpha value is -2.71. The molecule has 2 aromatic carbocycles. The van der Waals surface area contributed by atoms with Gasteiger partial charge in [0.15, 0.2) is 0 Å². The Morgan fingerprint density at radius 1 is 1.00 bits per heavy atom. The molecule has 0 saturated heterocycles. The van der Waals surface area contributed by atoms with Crippen LogP contribution in [-0.2, 0) is 30.8 Å². The van der Waals surface area contributed by atoms with Gasteiger partial charge in [0.1, 0.15) is 5.92 Å². The van der Waals surface area contributed by atoms with Gasteiger partial charge in [-0.1, -0.05) is 30.3 Å². The molecule has 0 aromatic heterocycles. The van der Waals surface area contributed by atoms with Crippen LogP contribution in [-0.4, -0.2) is 32.9 Å². The summed E-state index contributed by atoms with van der Waals surface area (Å²) < 4.78 is 32.1. The van der Waals surface area contributed by atoms with Crippen LogP contribution in [0.3, 0.4) is 0 Å². The van der Waals surface area contributed by atoms with Gasteiger partial charge in [0.2, 0.25) is 15.9 Å². The predicted octanol–water partition coefficient (Wildman–Crippen LogP) is 2.73. The number of amides is 1. The highest BCUT2D eigenvalue weighted by molar-refractivity contribution is 7.89. The second kappa shape index (κ2) is 9.19. The Labute approximate surface area is 171 Å². The van der Waals surface area contributed by atoms with E-state index >= 15 is 0 Å². The molecule has 1 amide bonds. The lowest BCUT2D eigenvalue weighted by atomic mass is 9.98. The molecule has 0 radical (unpaired) electrons. The SMILES string of the molecule is COC(=O)C(Cc1ccccc1)C(=O)Nc1ccc(S(=O)(=O)NC(C)(C)C)cc1. The summed E-state index contributed by atoms with van der Waals surface area (Å²) in [7, 11) is -2.44. The Morgan fingerprint density at radius 3 is 2.10 bits per heavy atom. The number of hydrogen-bond acceptors (Lipinski definition) is 5. The van der Waals surface area contributed by atoms with Crippen molar-refractivity contribution in [3.63, 3.8) is 0 Å². The molecule has 0 fully saturated rings. The van der Waals surface area contributed by atoms with Crippen LogP contribution in [0.25, 0.3) is 0 Å². The zero-order valence-corrected chi connectivity index (χ0v) is 17.7. The minimum atomic E-state index is -3.67. The van der Waals surface area contributed by atoms with E-state index in [0.29, 0.717) is 5.69 Å². The number of ether oxygens (including phenoxy) is 1. The van der Waals surface area contributed by atoms with Crippen molar-refractivity contribution in [2.75, 3.05) is 12.4 Å². The van der Waals surface area contributed by atoms with Crippen LogP contribution < -0.4 is 10.0 Å². The number of hydrogen-bond donors (Lipinski definition) is 2. The first-order valence-electron chi connectivity index (χ1n) is 9.08. The highest BCUT2D eigenvalue weighted by Crippen LogP contribution is 2.18. The zero-order chi connectivity index (χ0) is 21.7. The van der Waals surface area contributed by atoms with Gasteiger partial charge in [-0.3, -0.25) is 9.59 Å². The van der Waals surface area contributed by atoms with E-state index in [0.717, 1.165) is 5.56 Å². The van der Waals surface area contributed by atoms with E-state index in [1.54, 1.807) is 20.8 Å². The number of carbonyl (C=O) groups excluding carboxylic acids is 2. The normalized spacial score (nSPS) is 12.8. The molecular formula is C21H26N2O5S. The molecule has 8 heteroatoms. The van der Waals surface area contributed by atoms with Crippen molar-refractivity contribution in [3.8, 4) is 0 Å². The maximum absolute atomic E-state index is 12.6. The molecule has 7 nitrogen and oxygen atoms in total. The minimum Gasteiger partial charge on any atom is -0.468 e. The molecule has 0 aliphatic heterocycles. The third kappa shape index (κ3) is 6.69. The van der Waals surface area contributed by atoms with Crippen molar-refractivity contribution >= 4 is 27.6 Å². The molecular weight excluding hydrogens is 392 g/mol. The highest BCUT2D eigenvalue weighted by Gasteiger charge is 2.28. The second-order valence-electron chi connectivity index (χ2n) is 7.63. The highest BCUT2D eigenvalue weighted by atomic mass is 32.2. The number of sulfonamides is 1. The molecule has 156 valence electrons. The van der Waals surface area contributed by atoms with Gasteiger partial charge in [0, 0.05) is 11.2 Å². The molecule has 0 aliphatic carbocycles. The fourth-order valence-corrected chi connectivity index (χ4v) is 4.10. The maximum Gasteiger partial charge on any atom is 0.318 e. The molecule has 0 saturated carbocycles.